The van der Waals surface area contributed by atoms with E-state index >= 15 is 0 Å². The molecular formula is C16H25N3O5. The van der Waals surface area contributed by atoms with E-state index in [4.69, 9.17) is 4.84 Å². The van der Waals surface area contributed by atoms with E-state index in [1.165, 1.54) is 6.42 Å². The Kier molecular flexibility index (Phi) is 6.30. The molecule has 8 heteroatoms. The smallest absolute Gasteiger partial charge is 0.334 e. The number of likely N-dealkylation sites (tertiary alicyclic amines) is 1. The van der Waals surface area contributed by atoms with Crippen molar-refractivity contribution < 1.29 is 24.0 Å². The fraction of sp³-hybridized carbons (Fsp3) is 0.750. The number of amides is 3. The van der Waals surface area contributed by atoms with Crippen molar-refractivity contribution in [3.05, 3.63) is 0 Å². The highest BCUT2D eigenvalue weighted by Gasteiger charge is 2.32. The molecule has 134 valence electrons. The molecule has 1 N–H and O–H groups in total. The van der Waals surface area contributed by atoms with E-state index in [0.29, 0.717) is 23.7 Å². The number of hydrogen-bond acceptors (Lipinski definition) is 6. The van der Waals surface area contributed by atoms with Crippen LogP contribution in [0.15, 0.2) is 0 Å². The van der Waals surface area contributed by atoms with E-state index < -0.39 is 17.8 Å². The lowest BCUT2D eigenvalue weighted by Crippen LogP contribution is -2.48. The number of nitrogens with zero attached hydrogens (tertiary/aromatic N) is 2. The molecule has 0 saturated carbocycles. The van der Waals surface area contributed by atoms with Gasteiger partial charge in [0.2, 0.25) is 5.91 Å². The van der Waals surface area contributed by atoms with Crippen LogP contribution in [0.4, 0.5) is 0 Å². The average Bonchev–Trinajstić information content (AvgIpc) is 2.83. The zero-order chi connectivity index (χ0) is 17.7. The van der Waals surface area contributed by atoms with Gasteiger partial charge in [0.25, 0.3) is 11.8 Å². The first-order valence-electron chi connectivity index (χ1n) is 8.47. The van der Waals surface area contributed by atoms with Crippen LogP contribution in [0.1, 0.15) is 52.4 Å². The Morgan fingerprint density at radius 2 is 1.71 bits per heavy atom. The molecule has 2 aliphatic rings. The highest BCUT2D eigenvalue weighted by molar-refractivity contribution is 6.01. The maximum absolute atomic E-state index is 12.0. The van der Waals surface area contributed by atoms with E-state index in [-0.39, 0.29) is 31.7 Å². The number of nitrogens with one attached hydrogen (secondary N) is 1. The lowest BCUT2D eigenvalue weighted by Gasteiger charge is -2.38. The molecule has 2 heterocycles. The monoisotopic (exact) mass is 343 g/mol. The van der Waals surface area contributed by atoms with Crippen molar-refractivity contribution in [3.8, 4) is 0 Å². The van der Waals surface area contributed by atoms with Gasteiger partial charge in [-0.1, -0.05) is 6.42 Å². The minimum absolute atomic E-state index is 0.0645. The Bertz CT molecular complexity index is 496. The topological polar surface area (TPSA) is 96.0 Å². The predicted octanol–water partition coefficient (Wildman–Crippen LogP) is 0.363. The number of carbonyl (C=O) groups excluding carboxylic acids is 4. The van der Waals surface area contributed by atoms with Gasteiger partial charge in [-0.15, -0.1) is 5.06 Å². The summed E-state index contributed by atoms with van der Waals surface area (Å²) in [7, 11) is 0. The molecule has 8 nitrogen and oxygen atoms in total. The van der Waals surface area contributed by atoms with Crippen LogP contribution in [-0.4, -0.2) is 58.8 Å². The van der Waals surface area contributed by atoms with Gasteiger partial charge in [-0.3, -0.25) is 19.3 Å². The standard InChI is InChI=1S/C16H25N3O5/c1-11-4-3-5-12(2)18(11)10-13(20)17-9-8-16(23)24-19-14(21)6-7-15(19)22/h11-12H,3-10H2,1-2H3,(H,17,20)/t11-,12+/i1+1,11+1,12+1,18+1/m0/s1. The summed E-state index contributed by atoms with van der Waals surface area (Å²) in [6.07, 6.45) is 3.39. The van der Waals surface area contributed by atoms with Crippen LogP contribution in [0.25, 0.3) is 0 Å². The Balaban J connectivity index is 1.67. The average molecular weight is 343 g/mol. The number of rotatable bonds is 6. The highest BCUT2D eigenvalue weighted by Crippen LogP contribution is 2.21. The minimum Gasteiger partial charge on any atom is -0.354 e. The van der Waals surface area contributed by atoms with Gasteiger partial charge in [0.15, 0.2) is 0 Å². The Hall–Kier alpha value is -1.96. The summed E-state index contributed by atoms with van der Waals surface area (Å²) in [5.41, 5.74) is 0. The van der Waals surface area contributed by atoms with Crippen molar-refractivity contribution >= 4 is 23.7 Å². The van der Waals surface area contributed by atoms with E-state index in [1.807, 2.05) is 0 Å². The first-order chi connectivity index (χ1) is 11.4. The quantitative estimate of drug-likeness (QED) is 0.425. The number of imide groups is 1. The zero-order valence-corrected chi connectivity index (χ0v) is 14.2. The first-order valence-corrected chi connectivity index (χ1v) is 8.47. The molecule has 0 bridgehead atoms. The molecule has 24 heavy (non-hydrogen) atoms. The van der Waals surface area contributed by atoms with Crippen molar-refractivity contribution in [1.82, 2.24) is 15.3 Å². The van der Waals surface area contributed by atoms with Gasteiger partial charge in [-0.05, 0) is 26.7 Å². The van der Waals surface area contributed by atoms with Crippen molar-refractivity contribution in [3.63, 3.8) is 0 Å². The number of hydrogen-bond donors (Lipinski definition) is 1. The third-order valence-corrected chi connectivity index (χ3v) is 4.55. The first kappa shape index (κ1) is 18.4. The van der Waals surface area contributed by atoms with Gasteiger partial charge < -0.3 is 10.2 Å². The summed E-state index contributed by atoms with van der Waals surface area (Å²) in [5, 5.41) is 3.19. The van der Waals surface area contributed by atoms with Gasteiger partial charge in [-0.2, -0.15) is 0 Å². The largest absolute Gasteiger partial charge is 0.354 e. The molecule has 0 aromatic heterocycles. The van der Waals surface area contributed by atoms with Crippen molar-refractivity contribution in [2.24, 2.45) is 0 Å². The Labute approximate surface area is 141 Å². The molecule has 0 aromatic rings. The van der Waals surface area contributed by atoms with Crippen molar-refractivity contribution in [1.29, 1.82) is 0 Å². The zero-order valence-electron chi connectivity index (χ0n) is 14.2. The fourth-order valence-electron chi connectivity index (χ4n) is 3.12. The van der Waals surface area contributed by atoms with E-state index in [1.54, 1.807) is 0 Å². The summed E-state index contributed by atoms with van der Waals surface area (Å²) in [6, 6.07) is 0.744. The SMILES string of the molecule is C[13C@@H]1CCC[13C@H]([13CH3])[15N]1CC(=O)NCCC(=O)ON1C(=O)CCC1=O. The summed E-state index contributed by atoms with van der Waals surface area (Å²) in [4.78, 5) is 53.2. The maximum atomic E-state index is 12.0. The summed E-state index contributed by atoms with van der Waals surface area (Å²) in [6.45, 7) is 4.65. The Morgan fingerprint density at radius 3 is 2.29 bits per heavy atom. The van der Waals surface area contributed by atoms with E-state index in [0.717, 1.165) is 12.8 Å². The second kappa shape index (κ2) is 8.23. The molecule has 2 rings (SSSR count). The minimum atomic E-state index is -0.710. The number of hydroxylamine groups is 2. The molecule has 0 unspecified atom stereocenters. The van der Waals surface area contributed by atoms with Gasteiger partial charge >= 0.3 is 5.97 Å². The lowest BCUT2D eigenvalue weighted by atomic mass is 10.3. The van der Waals surface area contributed by atoms with E-state index in [2.05, 4.69) is 24.1 Å². The molecule has 0 aliphatic carbocycles. The van der Waals surface area contributed by atoms with Crippen molar-refractivity contribution in [2.75, 3.05) is 13.1 Å². The molecule has 2 saturated heterocycles. The molecule has 2 aliphatic heterocycles. The van der Waals surface area contributed by atoms with E-state index in [9.17, 15) is 19.2 Å². The second-order valence-electron chi connectivity index (χ2n) is 6.45. The molecule has 3 amide bonds. The molecular weight excluding hydrogens is 318 g/mol. The third-order valence-electron chi connectivity index (χ3n) is 4.55. The van der Waals surface area contributed by atoms with Crippen molar-refractivity contribution in [2.45, 2.75) is 64.5 Å². The van der Waals surface area contributed by atoms with Crippen LogP contribution in [0.5, 0.6) is 0 Å². The van der Waals surface area contributed by atoms with Gasteiger partial charge in [0, 0.05) is 31.5 Å². The predicted molar refractivity (Wildman–Crippen MR) is 84.3 cm³/mol. The molecule has 0 radical (unpaired) electrons. The number of carbonyl (C=O) groups is 4. The van der Waals surface area contributed by atoms with Gasteiger partial charge in [0.1, 0.15) is 0 Å². The van der Waals surface area contributed by atoms with Crippen LogP contribution >= 0.6 is 0 Å². The second-order valence-corrected chi connectivity index (χ2v) is 6.45. The normalized spacial score (nSPS) is 25.0. The van der Waals surface area contributed by atoms with Crippen LogP contribution in [0.3, 0.4) is 0 Å². The van der Waals surface area contributed by atoms with Gasteiger partial charge in [0.05, 0.1) is 13.0 Å². The third kappa shape index (κ3) is 4.77. The summed E-state index contributed by atoms with van der Waals surface area (Å²) < 4.78 is 0. The van der Waals surface area contributed by atoms with Crippen LogP contribution < -0.4 is 5.32 Å². The van der Waals surface area contributed by atoms with Crippen LogP contribution in [-0.2, 0) is 24.0 Å². The molecule has 2 fully saturated rings. The highest BCUT2D eigenvalue weighted by atomic mass is 16.7. The summed E-state index contributed by atoms with van der Waals surface area (Å²) >= 11 is 0. The van der Waals surface area contributed by atoms with Crippen LogP contribution in [0.2, 0.25) is 0 Å². The number of piperidine rings is 1. The summed E-state index contributed by atoms with van der Waals surface area (Å²) in [5.74, 6) is -1.87. The molecule has 0 spiro atoms. The van der Waals surface area contributed by atoms with Crippen LogP contribution in [0, 0.1) is 0 Å². The fourth-order valence-corrected chi connectivity index (χ4v) is 3.12. The van der Waals surface area contributed by atoms with Gasteiger partial charge in [-0.25, -0.2) is 4.79 Å². The Morgan fingerprint density at radius 1 is 1.12 bits per heavy atom. The molecule has 2 atom stereocenters. The molecule has 0 aromatic carbocycles. The lowest BCUT2D eigenvalue weighted by molar-refractivity contribution is -0.197. The maximum Gasteiger partial charge on any atom is 0.334 e.